The molecule has 0 spiro atoms. The predicted molar refractivity (Wildman–Crippen MR) is 82.6 cm³/mol. The molecule has 1 heterocycles. The minimum absolute atomic E-state index is 0. The van der Waals surface area contributed by atoms with Crippen molar-refractivity contribution in [1.29, 1.82) is 0 Å². The van der Waals surface area contributed by atoms with Crippen LogP contribution in [0.15, 0.2) is 60.7 Å². The van der Waals surface area contributed by atoms with Crippen LogP contribution in [0.1, 0.15) is 5.69 Å². The van der Waals surface area contributed by atoms with Gasteiger partial charge < -0.3 is 10.1 Å². The predicted octanol–water partition coefficient (Wildman–Crippen LogP) is 3.66. The molecule has 0 bridgehead atoms. The number of aliphatic hydroxyl groups excluding tert-OH is 1. The Bertz CT molecular complexity index is 665. The molecule has 102 valence electrons. The Labute approximate surface area is 123 Å². The van der Waals surface area contributed by atoms with Crippen molar-refractivity contribution in [2.24, 2.45) is 0 Å². The Kier molecular flexibility index (Phi) is 4.56. The maximum atomic E-state index is 9.47. The van der Waals surface area contributed by atoms with Gasteiger partial charge >= 0.3 is 0 Å². The molecular weight excluding hydrogens is 272 g/mol. The van der Waals surface area contributed by atoms with Crippen LogP contribution in [-0.4, -0.2) is 15.1 Å². The van der Waals surface area contributed by atoms with Crippen molar-refractivity contribution < 1.29 is 5.11 Å². The van der Waals surface area contributed by atoms with Crippen LogP contribution >= 0.6 is 12.4 Å². The molecule has 0 atom stereocenters. The van der Waals surface area contributed by atoms with Gasteiger partial charge in [-0.2, -0.15) is 0 Å². The number of benzene rings is 2. The summed E-state index contributed by atoms with van der Waals surface area (Å²) in [5.74, 6) is 0.781. The molecule has 2 aromatic carbocycles. The Balaban J connectivity index is 0.00000147. The zero-order chi connectivity index (χ0) is 13.1. The van der Waals surface area contributed by atoms with E-state index in [1.165, 1.54) is 0 Å². The number of imidazole rings is 1. The molecule has 0 aliphatic rings. The smallest absolute Gasteiger partial charge is 0.138 e. The van der Waals surface area contributed by atoms with Gasteiger partial charge in [-0.3, -0.25) is 0 Å². The molecular formula is C16H15ClN2O. The fourth-order valence-corrected chi connectivity index (χ4v) is 2.09. The van der Waals surface area contributed by atoms with E-state index in [-0.39, 0.29) is 19.0 Å². The third-order valence-corrected chi connectivity index (χ3v) is 3.03. The van der Waals surface area contributed by atoms with Crippen LogP contribution in [-0.2, 0) is 6.61 Å². The van der Waals surface area contributed by atoms with Gasteiger partial charge in [-0.1, -0.05) is 60.7 Å². The summed E-state index contributed by atoms with van der Waals surface area (Å²) >= 11 is 0. The molecule has 0 unspecified atom stereocenters. The number of aromatic nitrogens is 2. The molecule has 0 fully saturated rings. The second-order valence-electron chi connectivity index (χ2n) is 4.30. The van der Waals surface area contributed by atoms with E-state index in [1.807, 2.05) is 60.7 Å². The van der Waals surface area contributed by atoms with E-state index >= 15 is 0 Å². The quantitative estimate of drug-likeness (QED) is 0.772. The zero-order valence-electron chi connectivity index (χ0n) is 10.8. The SMILES string of the molecule is Cl.OCc1[nH]c(-c2ccccc2)nc1-c1ccccc1. The van der Waals surface area contributed by atoms with Crippen molar-refractivity contribution in [2.75, 3.05) is 0 Å². The first kappa shape index (κ1) is 14.3. The van der Waals surface area contributed by atoms with E-state index in [9.17, 15) is 5.11 Å². The third-order valence-electron chi connectivity index (χ3n) is 3.03. The average molecular weight is 287 g/mol. The molecule has 0 radical (unpaired) electrons. The van der Waals surface area contributed by atoms with E-state index in [2.05, 4.69) is 9.97 Å². The van der Waals surface area contributed by atoms with Crippen LogP contribution in [0.4, 0.5) is 0 Å². The number of hydrogen-bond donors (Lipinski definition) is 2. The molecule has 3 aromatic rings. The van der Waals surface area contributed by atoms with E-state index < -0.39 is 0 Å². The molecule has 1 aromatic heterocycles. The lowest BCUT2D eigenvalue weighted by Gasteiger charge is -1.98. The van der Waals surface area contributed by atoms with Crippen molar-refractivity contribution in [3.05, 3.63) is 66.4 Å². The number of halogens is 1. The number of hydrogen-bond acceptors (Lipinski definition) is 2. The summed E-state index contributed by atoms with van der Waals surface area (Å²) in [4.78, 5) is 7.79. The highest BCUT2D eigenvalue weighted by Crippen LogP contribution is 2.25. The summed E-state index contributed by atoms with van der Waals surface area (Å²) in [6.45, 7) is -0.0515. The summed E-state index contributed by atoms with van der Waals surface area (Å²) in [5, 5.41) is 9.47. The summed E-state index contributed by atoms with van der Waals surface area (Å²) < 4.78 is 0. The fourth-order valence-electron chi connectivity index (χ4n) is 2.09. The minimum Gasteiger partial charge on any atom is -0.390 e. The number of nitrogens with zero attached hydrogens (tertiary/aromatic N) is 1. The van der Waals surface area contributed by atoms with Gasteiger partial charge in [0.2, 0.25) is 0 Å². The third kappa shape index (κ3) is 2.74. The highest BCUT2D eigenvalue weighted by Gasteiger charge is 2.12. The van der Waals surface area contributed by atoms with E-state index in [4.69, 9.17) is 0 Å². The highest BCUT2D eigenvalue weighted by molar-refractivity contribution is 5.85. The number of aliphatic hydroxyl groups is 1. The summed E-state index contributed by atoms with van der Waals surface area (Å²) in [6, 6.07) is 19.8. The Morgan fingerprint density at radius 3 is 1.95 bits per heavy atom. The maximum Gasteiger partial charge on any atom is 0.138 e. The first-order valence-electron chi connectivity index (χ1n) is 6.19. The lowest BCUT2D eigenvalue weighted by molar-refractivity contribution is 0.278. The van der Waals surface area contributed by atoms with Crippen LogP contribution in [0.5, 0.6) is 0 Å². The molecule has 0 saturated carbocycles. The number of H-pyrrole nitrogens is 1. The molecule has 0 amide bonds. The Morgan fingerprint density at radius 2 is 1.40 bits per heavy atom. The van der Waals surface area contributed by atoms with Gasteiger partial charge in [0, 0.05) is 11.1 Å². The van der Waals surface area contributed by atoms with Gasteiger partial charge in [-0.25, -0.2) is 4.98 Å². The normalized spacial score (nSPS) is 10.1. The van der Waals surface area contributed by atoms with Gasteiger partial charge in [0.15, 0.2) is 0 Å². The summed E-state index contributed by atoms with van der Waals surface area (Å²) in [6.07, 6.45) is 0. The van der Waals surface area contributed by atoms with Crippen molar-refractivity contribution in [2.45, 2.75) is 6.61 Å². The van der Waals surface area contributed by atoms with Gasteiger partial charge in [-0.15, -0.1) is 12.4 Å². The Hall–Kier alpha value is -2.10. The van der Waals surface area contributed by atoms with Crippen LogP contribution in [0.2, 0.25) is 0 Å². The van der Waals surface area contributed by atoms with Crippen LogP contribution in [0, 0.1) is 0 Å². The van der Waals surface area contributed by atoms with Gasteiger partial charge in [0.25, 0.3) is 0 Å². The molecule has 0 saturated heterocycles. The van der Waals surface area contributed by atoms with E-state index in [0.717, 1.165) is 28.3 Å². The van der Waals surface area contributed by atoms with Crippen molar-refractivity contribution in [1.82, 2.24) is 9.97 Å². The first-order valence-corrected chi connectivity index (χ1v) is 6.19. The molecule has 20 heavy (non-hydrogen) atoms. The molecule has 3 nitrogen and oxygen atoms in total. The lowest BCUT2D eigenvalue weighted by Crippen LogP contribution is -1.87. The largest absolute Gasteiger partial charge is 0.390 e. The maximum absolute atomic E-state index is 9.47. The lowest BCUT2D eigenvalue weighted by atomic mass is 10.1. The minimum atomic E-state index is -0.0515. The zero-order valence-corrected chi connectivity index (χ0v) is 11.6. The molecule has 3 rings (SSSR count). The number of aromatic amines is 1. The number of rotatable bonds is 3. The Morgan fingerprint density at radius 1 is 0.850 bits per heavy atom. The van der Waals surface area contributed by atoms with Gasteiger partial charge in [0.1, 0.15) is 5.82 Å². The topological polar surface area (TPSA) is 48.9 Å². The molecule has 0 aliphatic carbocycles. The molecule has 2 N–H and O–H groups in total. The summed E-state index contributed by atoms with van der Waals surface area (Å²) in [5.41, 5.74) is 3.57. The van der Waals surface area contributed by atoms with Crippen LogP contribution in [0.25, 0.3) is 22.6 Å². The van der Waals surface area contributed by atoms with E-state index in [0.29, 0.717) is 0 Å². The van der Waals surface area contributed by atoms with E-state index in [1.54, 1.807) is 0 Å². The first-order chi connectivity index (χ1) is 9.38. The second kappa shape index (κ2) is 6.37. The number of nitrogens with one attached hydrogen (secondary N) is 1. The van der Waals surface area contributed by atoms with Gasteiger partial charge in [0.05, 0.1) is 18.0 Å². The summed E-state index contributed by atoms with van der Waals surface area (Å²) in [7, 11) is 0. The van der Waals surface area contributed by atoms with Crippen LogP contribution in [0.3, 0.4) is 0 Å². The highest BCUT2D eigenvalue weighted by atomic mass is 35.5. The van der Waals surface area contributed by atoms with Crippen LogP contribution < -0.4 is 0 Å². The monoisotopic (exact) mass is 286 g/mol. The van der Waals surface area contributed by atoms with Gasteiger partial charge in [-0.05, 0) is 0 Å². The van der Waals surface area contributed by atoms with Crippen molar-refractivity contribution >= 4 is 12.4 Å². The standard InChI is InChI=1S/C16H14N2O.ClH/c19-11-14-15(12-7-3-1-4-8-12)18-16(17-14)13-9-5-2-6-10-13;/h1-10,19H,11H2,(H,17,18);1H. The molecule has 0 aliphatic heterocycles. The van der Waals surface area contributed by atoms with Crippen molar-refractivity contribution in [3.8, 4) is 22.6 Å². The fraction of sp³-hybridized carbons (Fsp3) is 0.0625. The average Bonchev–Trinajstić information content (AvgIpc) is 2.93. The van der Waals surface area contributed by atoms with Crippen molar-refractivity contribution in [3.63, 3.8) is 0 Å². The second-order valence-corrected chi connectivity index (χ2v) is 4.30. The molecule has 4 heteroatoms.